The van der Waals surface area contributed by atoms with Gasteiger partial charge in [-0.25, -0.2) is 0 Å². The molecule has 3 aromatic carbocycles. The molecule has 0 aliphatic carbocycles. The molecule has 4 rings (SSSR count). The molecule has 1 aliphatic heterocycles. The summed E-state index contributed by atoms with van der Waals surface area (Å²) in [6.45, 7) is 4.13. The minimum atomic E-state index is -0.578. The van der Waals surface area contributed by atoms with Gasteiger partial charge in [-0.3, -0.25) is 9.79 Å². The van der Waals surface area contributed by atoms with E-state index in [1.54, 1.807) is 36.4 Å². The fourth-order valence-corrected chi connectivity index (χ4v) is 3.72. The maximum absolute atomic E-state index is 13.0. The molecule has 1 aliphatic rings. The monoisotopic (exact) mass is 404 g/mol. The summed E-state index contributed by atoms with van der Waals surface area (Å²) in [6, 6.07) is 17.7. The van der Waals surface area contributed by atoms with Gasteiger partial charge in [0, 0.05) is 22.6 Å². The molecule has 0 bridgehead atoms. The molecule has 0 spiro atoms. The SMILES string of the molecule is Cc1cccc(CC2N=C(c3ccc(O)cc3)c3cc(Cl)ccc3NC2=O)c1C. The normalized spacial score (nSPS) is 15.9. The van der Waals surface area contributed by atoms with E-state index in [4.69, 9.17) is 16.6 Å². The predicted molar refractivity (Wildman–Crippen MR) is 117 cm³/mol. The molecule has 1 heterocycles. The Bertz CT molecular complexity index is 1120. The molecule has 0 saturated heterocycles. The highest BCUT2D eigenvalue weighted by Gasteiger charge is 2.26. The average molecular weight is 405 g/mol. The second-order valence-electron chi connectivity index (χ2n) is 7.28. The number of hydrogen-bond donors (Lipinski definition) is 2. The molecule has 3 aromatic rings. The van der Waals surface area contributed by atoms with E-state index in [0.717, 1.165) is 16.7 Å². The number of amides is 1. The highest BCUT2D eigenvalue weighted by molar-refractivity contribution is 6.32. The van der Waals surface area contributed by atoms with Crippen LogP contribution < -0.4 is 5.32 Å². The van der Waals surface area contributed by atoms with Crippen LogP contribution in [0.3, 0.4) is 0 Å². The summed E-state index contributed by atoms with van der Waals surface area (Å²) in [5.41, 5.74) is 6.39. The number of fused-ring (bicyclic) bond motifs is 1. The van der Waals surface area contributed by atoms with Crippen LogP contribution in [0, 0.1) is 13.8 Å². The number of benzene rings is 3. The molecular weight excluding hydrogens is 384 g/mol. The third kappa shape index (κ3) is 3.89. The van der Waals surface area contributed by atoms with Crippen LogP contribution in [0.25, 0.3) is 0 Å². The number of anilines is 1. The van der Waals surface area contributed by atoms with Gasteiger partial charge in [0.05, 0.1) is 11.4 Å². The lowest BCUT2D eigenvalue weighted by atomic mass is 9.97. The summed E-state index contributed by atoms with van der Waals surface area (Å²) >= 11 is 6.24. The fourth-order valence-electron chi connectivity index (χ4n) is 3.55. The van der Waals surface area contributed by atoms with Crippen molar-refractivity contribution in [3.63, 3.8) is 0 Å². The number of carbonyl (C=O) groups is 1. The minimum absolute atomic E-state index is 0.150. The Morgan fingerprint density at radius 2 is 1.83 bits per heavy atom. The first-order valence-corrected chi connectivity index (χ1v) is 9.83. The van der Waals surface area contributed by atoms with Gasteiger partial charge in [0.25, 0.3) is 0 Å². The summed E-state index contributed by atoms with van der Waals surface area (Å²) < 4.78 is 0. The Morgan fingerprint density at radius 3 is 2.59 bits per heavy atom. The van der Waals surface area contributed by atoms with Crippen LogP contribution in [-0.2, 0) is 11.2 Å². The highest BCUT2D eigenvalue weighted by atomic mass is 35.5. The Balaban J connectivity index is 1.83. The maximum atomic E-state index is 13.0. The molecule has 5 heteroatoms. The Labute approximate surface area is 174 Å². The van der Waals surface area contributed by atoms with Crippen LogP contribution in [0.4, 0.5) is 5.69 Å². The van der Waals surface area contributed by atoms with Gasteiger partial charge in [-0.2, -0.15) is 0 Å². The van der Waals surface area contributed by atoms with Gasteiger partial charge < -0.3 is 10.4 Å². The molecule has 2 N–H and O–H groups in total. The molecular formula is C24H21ClN2O2. The van der Waals surface area contributed by atoms with E-state index in [9.17, 15) is 9.90 Å². The van der Waals surface area contributed by atoms with Crippen molar-refractivity contribution < 1.29 is 9.90 Å². The summed E-state index contributed by atoms with van der Waals surface area (Å²) in [5, 5.41) is 13.2. The zero-order valence-electron chi connectivity index (χ0n) is 16.2. The second-order valence-corrected chi connectivity index (χ2v) is 7.72. The van der Waals surface area contributed by atoms with Gasteiger partial charge >= 0.3 is 0 Å². The number of hydrogen-bond acceptors (Lipinski definition) is 3. The third-order valence-corrected chi connectivity index (χ3v) is 5.59. The Hall–Kier alpha value is -3.11. The van der Waals surface area contributed by atoms with Crippen molar-refractivity contribution in [2.75, 3.05) is 5.32 Å². The van der Waals surface area contributed by atoms with E-state index in [-0.39, 0.29) is 11.7 Å². The standard InChI is InChI=1S/C24H21ClN2O2/c1-14-4-3-5-17(15(14)2)12-22-24(29)27-21-11-8-18(25)13-20(21)23(26-22)16-6-9-19(28)10-7-16/h3-11,13,22,28H,12H2,1-2H3,(H,27,29). The average Bonchev–Trinajstić information content (AvgIpc) is 2.83. The summed E-state index contributed by atoms with van der Waals surface area (Å²) in [6.07, 6.45) is 0.503. The molecule has 29 heavy (non-hydrogen) atoms. The van der Waals surface area contributed by atoms with E-state index < -0.39 is 6.04 Å². The van der Waals surface area contributed by atoms with Crippen molar-refractivity contribution >= 4 is 28.9 Å². The first kappa shape index (κ1) is 19.2. The molecule has 0 saturated carbocycles. The molecule has 0 radical (unpaired) electrons. The number of phenols is 1. The second kappa shape index (κ2) is 7.72. The van der Waals surface area contributed by atoms with Crippen LogP contribution in [0.15, 0.2) is 65.7 Å². The van der Waals surface area contributed by atoms with Crippen molar-refractivity contribution in [2.45, 2.75) is 26.3 Å². The zero-order chi connectivity index (χ0) is 20.5. The zero-order valence-corrected chi connectivity index (χ0v) is 17.0. The van der Waals surface area contributed by atoms with Crippen molar-refractivity contribution in [3.05, 3.63) is 93.5 Å². The highest BCUT2D eigenvalue weighted by Crippen LogP contribution is 2.29. The number of benzodiazepines with no additional fused rings is 1. The number of halogens is 1. The Morgan fingerprint density at radius 1 is 1.07 bits per heavy atom. The predicted octanol–water partition coefficient (Wildman–Crippen LogP) is 5.06. The van der Waals surface area contributed by atoms with E-state index >= 15 is 0 Å². The lowest BCUT2D eigenvalue weighted by Crippen LogP contribution is -2.28. The smallest absolute Gasteiger partial charge is 0.249 e. The quantitative estimate of drug-likeness (QED) is 0.640. The Kier molecular flexibility index (Phi) is 5.12. The summed E-state index contributed by atoms with van der Waals surface area (Å²) in [7, 11) is 0. The van der Waals surface area contributed by atoms with Crippen LogP contribution >= 0.6 is 11.6 Å². The minimum Gasteiger partial charge on any atom is -0.508 e. The largest absolute Gasteiger partial charge is 0.508 e. The van der Waals surface area contributed by atoms with Gasteiger partial charge in [-0.1, -0.05) is 29.8 Å². The van der Waals surface area contributed by atoms with Gasteiger partial charge in [-0.05, 0) is 73.0 Å². The van der Waals surface area contributed by atoms with E-state index in [0.29, 0.717) is 22.8 Å². The number of aromatic hydroxyl groups is 1. The first-order valence-electron chi connectivity index (χ1n) is 9.45. The first-order chi connectivity index (χ1) is 13.9. The molecule has 4 nitrogen and oxygen atoms in total. The molecule has 1 unspecified atom stereocenters. The topological polar surface area (TPSA) is 61.7 Å². The number of nitrogens with one attached hydrogen (secondary N) is 1. The number of aryl methyl sites for hydroxylation is 1. The van der Waals surface area contributed by atoms with E-state index in [1.165, 1.54) is 11.1 Å². The van der Waals surface area contributed by atoms with Crippen molar-refractivity contribution in [1.82, 2.24) is 0 Å². The lowest BCUT2D eigenvalue weighted by Gasteiger charge is -2.14. The molecule has 0 aromatic heterocycles. The van der Waals surface area contributed by atoms with E-state index in [2.05, 4.69) is 25.2 Å². The lowest BCUT2D eigenvalue weighted by molar-refractivity contribution is -0.117. The van der Waals surface area contributed by atoms with Crippen molar-refractivity contribution in [1.29, 1.82) is 0 Å². The summed E-state index contributed by atoms with van der Waals surface area (Å²) in [5.74, 6) is 0.0266. The van der Waals surface area contributed by atoms with Gasteiger partial charge in [0.15, 0.2) is 0 Å². The van der Waals surface area contributed by atoms with Crippen LogP contribution in [-0.4, -0.2) is 22.8 Å². The van der Waals surface area contributed by atoms with Gasteiger partial charge in [0.1, 0.15) is 11.8 Å². The van der Waals surface area contributed by atoms with Crippen LogP contribution in [0.1, 0.15) is 27.8 Å². The van der Waals surface area contributed by atoms with Gasteiger partial charge in [0.2, 0.25) is 5.91 Å². The van der Waals surface area contributed by atoms with Crippen LogP contribution in [0.2, 0.25) is 5.02 Å². The number of nitrogens with zero attached hydrogens (tertiary/aromatic N) is 1. The van der Waals surface area contributed by atoms with Crippen molar-refractivity contribution in [2.24, 2.45) is 4.99 Å². The fraction of sp³-hybridized carbons (Fsp3) is 0.167. The molecule has 1 atom stereocenters. The van der Waals surface area contributed by atoms with Crippen LogP contribution in [0.5, 0.6) is 5.75 Å². The number of phenolic OH excluding ortho intramolecular Hbond substituents is 1. The number of aliphatic imine (C=N–C) groups is 1. The van der Waals surface area contributed by atoms with Gasteiger partial charge in [-0.15, -0.1) is 0 Å². The maximum Gasteiger partial charge on any atom is 0.249 e. The molecule has 146 valence electrons. The van der Waals surface area contributed by atoms with E-state index in [1.807, 2.05) is 18.2 Å². The van der Waals surface area contributed by atoms with Crippen molar-refractivity contribution in [3.8, 4) is 5.75 Å². The molecule has 0 fully saturated rings. The summed E-state index contributed by atoms with van der Waals surface area (Å²) in [4.78, 5) is 17.9. The molecule has 1 amide bonds. The third-order valence-electron chi connectivity index (χ3n) is 5.35. The number of rotatable bonds is 3. The number of carbonyl (C=O) groups excluding carboxylic acids is 1.